The number of carbonyl (C=O) groups excluding carboxylic acids is 4. The minimum absolute atomic E-state index is 0.0621. The molecule has 0 amide bonds. The van der Waals surface area contributed by atoms with E-state index in [1.165, 1.54) is 38.5 Å². The largest absolute Gasteiger partial charge is 0.472 e. The van der Waals surface area contributed by atoms with Gasteiger partial charge in [-0.1, -0.05) is 276 Å². The highest BCUT2D eigenvalue weighted by atomic mass is 31.2. The van der Waals surface area contributed by atoms with Gasteiger partial charge in [-0.3, -0.25) is 37.3 Å². The summed E-state index contributed by atoms with van der Waals surface area (Å²) >= 11 is 0. The third kappa shape index (κ3) is 73.3. The SMILES string of the molecule is CC/C=C\C/C=C\C/C=C\C/C=C\C/C=C\CC(=O)OCC(COP(=O)(O)OCC(O)COP(=O)(O)OCC(COC(=O)CCCCCCCC/C=C\C/C=C\C/C=C\C/C=C\CC)OC(=O)CCCCCCC/C=C\C/C=C\CCC)OC(=O)CCCCCCC/C=C\CCCCCCCC. The molecule has 0 aromatic heterocycles. The smallest absolute Gasteiger partial charge is 0.462 e. The van der Waals surface area contributed by atoms with Crippen LogP contribution in [0, 0.1) is 0 Å². The van der Waals surface area contributed by atoms with Crippen LogP contribution >= 0.6 is 15.6 Å². The molecule has 102 heavy (non-hydrogen) atoms. The van der Waals surface area contributed by atoms with Crippen molar-refractivity contribution < 1.29 is 80.2 Å². The number of hydrogen-bond donors (Lipinski definition) is 3. The highest BCUT2D eigenvalue weighted by Crippen LogP contribution is 2.45. The second-order valence-electron chi connectivity index (χ2n) is 25.5. The van der Waals surface area contributed by atoms with Crippen LogP contribution in [0.5, 0.6) is 0 Å². The van der Waals surface area contributed by atoms with E-state index in [-0.39, 0.29) is 25.7 Å². The number of esters is 4. The average Bonchev–Trinajstić information content (AvgIpc) is 0.919. The van der Waals surface area contributed by atoms with Crippen LogP contribution in [0.4, 0.5) is 0 Å². The number of aliphatic hydroxyl groups excluding tert-OH is 1. The van der Waals surface area contributed by atoms with E-state index >= 15 is 0 Å². The quantitative estimate of drug-likeness (QED) is 0.0169. The molecule has 5 unspecified atom stereocenters. The minimum Gasteiger partial charge on any atom is -0.462 e. The summed E-state index contributed by atoms with van der Waals surface area (Å²) in [4.78, 5) is 72.9. The first-order chi connectivity index (χ1) is 49.7. The Balaban J connectivity index is 5.43. The molecule has 0 rings (SSSR count). The van der Waals surface area contributed by atoms with Crippen LogP contribution in [0.15, 0.2) is 146 Å². The molecule has 19 heteroatoms. The first-order valence-electron chi connectivity index (χ1n) is 39.1. The van der Waals surface area contributed by atoms with Crippen LogP contribution in [0.2, 0.25) is 0 Å². The van der Waals surface area contributed by atoms with E-state index in [2.05, 4.69) is 149 Å². The lowest BCUT2D eigenvalue weighted by Gasteiger charge is -2.21. The fourth-order valence-electron chi connectivity index (χ4n) is 9.90. The zero-order valence-electron chi connectivity index (χ0n) is 63.5. The van der Waals surface area contributed by atoms with E-state index in [1.54, 1.807) is 6.08 Å². The summed E-state index contributed by atoms with van der Waals surface area (Å²) in [5.41, 5.74) is 0. The highest BCUT2D eigenvalue weighted by molar-refractivity contribution is 7.47. The van der Waals surface area contributed by atoms with Crippen LogP contribution in [0.3, 0.4) is 0 Å². The molecule has 0 radical (unpaired) electrons. The lowest BCUT2D eigenvalue weighted by Crippen LogP contribution is -2.30. The van der Waals surface area contributed by atoms with Crippen molar-refractivity contribution in [2.24, 2.45) is 0 Å². The summed E-state index contributed by atoms with van der Waals surface area (Å²) in [7, 11) is -10.00. The van der Waals surface area contributed by atoms with Gasteiger partial charge in [0.15, 0.2) is 12.2 Å². The molecular weight excluding hydrogens is 1330 g/mol. The molecule has 0 aromatic rings. The number of carbonyl (C=O) groups is 4. The molecule has 0 aliphatic rings. The summed E-state index contributed by atoms with van der Waals surface area (Å²) in [6, 6.07) is 0. The van der Waals surface area contributed by atoms with Crippen molar-refractivity contribution >= 4 is 39.5 Å². The maximum Gasteiger partial charge on any atom is 0.472 e. The van der Waals surface area contributed by atoms with Crippen molar-refractivity contribution in [1.82, 2.24) is 0 Å². The third-order valence-electron chi connectivity index (χ3n) is 15.8. The predicted octanol–water partition coefficient (Wildman–Crippen LogP) is 22.7. The van der Waals surface area contributed by atoms with E-state index in [0.717, 1.165) is 180 Å². The van der Waals surface area contributed by atoms with Gasteiger partial charge in [0.1, 0.15) is 19.3 Å². The lowest BCUT2D eigenvalue weighted by atomic mass is 10.1. The van der Waals surface area contributed by atoms with Gasteiger partial charge in [-0.2, -0.15) is 0 Å². The molecule has 0 saturated heterocycles. The zero-order valence-corrected chi connectivity index (χ0v) is 65.3. The summed E-state index contributed by atoms with van der Waals surface area (Å²) < 4.78 is 68.4. The summed E-state index contributed by atoms with van der Waals surface area (Å²) in [5.74, 6) is -2.37. The summed E-state index contributed by atoms with van der Waals surface area (Å²) in [6.07, 6.45) is 84.3. The monoisotopic (exact) mass is 1470 g/mol. The van der Waals surface area contributed by atoms with Gasteiger partial charge < -0.3 is 33.8 Å². The van der Waals surface area contributed by atoms with Crippen molar-refractivity contribution in [3.05, 3.63) is 146 Å². The number of allylic oxidation sites excluding steroid dienone is 23. The molecular formula is C83H138O17P2. The van der Waals surface area contributed by atoms with Crippen LogP contribution in [-0.4, -0.2) is 96.7 Å². The summed E-state index contributed by atoms with van der Waals surface area (Å²) in [5, 5.41) is 10.6. The van der Waals surface area contributed by atoms with E-state index in [0.29, 0.717) is 25.7 Å². The van der Waals surface area contributed by atoms with Gasteiger partial charge in [0.25, 0.3) is 0 Å². The second kappa shape index (κ2) is 74.2. The summed E-state index contributed by atoms with van der Waals surface area (Å²) in [6.45, 7) is 4.42. The second-order valence-corrected chi connectivity index (χ2v) is 28.5. The standard InChI is InChI=1S/C83H138O17P2/c1-5-9-13-17-21-25-29-33-36-37-38-39-42-45-48-52-56-60-64-68-81(86)94-73-78(99-82(87)69-65-61-57-53-49-43-32-28-24-20-16-12-8-4)75-97-101(89,90)95-71-77(84)72-96-102(91,92)98-76-79(100-83(88)70-66-62-58-54-50-46-41-35-31-27-23-19-15-11-7-3)74-93-80(85)67-63-59-55-51-47-44-40-34-30-26-22-18-14-10-6-2/h9-10,13-14,16,20-22,25-26,28,32-36,38-41,47,51,59,63,77-79,84H,5-8,11-12,15,17-19,23-24,27,29-31,37,42-46,48-50,52-58,60-62,64-76H2,1-4H3,(H,89,90)(H,91,92)/b13-9-,14-10-,20-16-,25-21-,26-22-,32-28-,36-33-,39-38-,40-34-,41-35-,51-47-,63-59-. The molecule has 0 aliphatic carbocycles. The predicted molar refractivity (Wildman–Crippen MR) is 417 cm³/mol. The van der Waals surface area contributed by atoms with E-state index in [9.17, 15) is 43.2 Å². The molecule has 0 spiro atoms. The van der Waals surface area contributed by atoms with Crippen LogP contribution in [0.1, 0.15) is 297 Å². The maximum absolute atomic E-state index is 13.1. The first kappa shape index (κ1) is 96.9. The number of phosphoric ester groups is 2. The van der Waals surface area contributed by atoms with E-state index < -0.39 is 97.5 Å². The molecule has 0 bridgehead atoms. The van der Waals surface area contributed by atoms with Gasteiger partial charge in [-0.15, -0.1) is 0 Å². The molecule has 0 aromatic carbocycles. The molecule has 0 fully saturated rings. The Labute approximate surface area is 617 Å². The zero-order chi connectivity index (χ0) is 74.6. The number of aliphatic hydroxyl groups is 1. The van der Waals surface area contributed by atoms with Crippen LogP contribution < -0.4 is 0 Å². The fourth-order valence-corrected chi connectivity index (χ4v) is 11.5. The van der Waals surface area contributed by atoms with E-state index in [1.807, 2.05) is 18.2 Å². The minimum atomic E-state index is -5.00. The molecule has 582 valence electrons. The molecule has 17 nitrogen and oxygen atoms in total. The van der Waals surface area contributed by atoms with Crippen LogP contribution in [-0.2, 0) is 65.4 Å². The first-order valence-corrected chi connectivity index (χ1v) is 42.1. The fraction of sp³-hybridized carbons (Fsp3) is 0.663. The molecule has 0 aliphatic heterocycles. The Kier molecular flexibility index (Phi) is 70.5. The molecule has 5 atom stereocenters. The molecule has 0 heterocycles. The van der Waals surface area contributed by atoms with Crippen molar-refractivity contribution in [3.8, 4) is 0 Å². The normalized spacial score (nSPS) is 14.7. The number of ether oxygens (including phenoxy) is 4. The Hall–Kier alpha value is -5.06. The van der Waals surface area contributed by atoms with Gasteiger partial charge in [-0.25, -0.2) is 9.13 Å². The number of rotatable bonds is 72. The average molecular weight is 1470 g/mol. The number of unbranched alkanes of at least 4 members (excludes halogenated alkanes) is 23. The van der Waals surface area contributed by atoms with Crippen molar-refractivity contribution in [2.45, 2.75) is 316 Å². The Morgan fingerprint density at radius 1 is 0.294 bits per heavy atom. The van der Waals surface area contributed by atoms with E-state index in [4.69, 9.17) is 37.0 Å². The van der Waals surface area contributed by atoms with Crippen molar-refractivity contribution in [3.63, 3.8) is 0 Å². The number of phosphoric acid groups is 2. The topological polar surface area (TPSA) is 237 Å². The van der Waals surface area contributed by atoms with Gasteiger partial charge in [0.05, 0.1) is 32.8 Å². The Morgan fingerprint density at radius 2 is 0.569 bits per heavy atom. The Morgan fingerprint density at radius 3 is 0.922 bits per heavy atom. The van der Waals surface area contributed by atoms with Gasteiger partial charge in [0.2, 0.25) is 0 Å². The molecule has 3 N–H and O–H groups in total. The number of hydrogen-bond acceptors (Lipinski definition) is 15. The maximum atomic E-state index is 13.1. The highest BCUT2D eigenvalue weighted by Gasteiger charge is 2.30. The van der Waals surface area contributed by atoms with Crippen molar-refractivity contribution in [1.29, 1.82) is 0 Å². The van der Waals surface area contributed by atoms with Gasteiger partial charge in [-0.05, 0) is 141 Å². The van der Waals surface area contributed by atoms with Gasteiger partial charge >= 0.3 is 39.5 Å². The van der Waals surface area contributed by atoms with Crippen LogP contribution in [0.25, 0.3) is 0 Å². The third-order valence-corrected chi connectivity index (χ3v) is 17.7. The van der Waals surface area contributed by atoms with Crippen molar-refractivity contribution in [2.75, 3.05) is 39.6 Å². The Bertz CT molecular complexity index is 2510. The molecule has 0 saturated carbocycles. The lowest BCUT2D eigenvalue weighted by molar-refractivity contribution is -0.161. The van der Waals surface area contributed by atoms with Gasteiger partial charge in [0, 0.05) is 19.3 Å².